The molecule has 0 amide bonds. The first kappa shape index (κ1) is 15.9. The summed E-state index contributed by atoms with van der Waals surface area (Å²) in [5, 5.41) is 0.842. The zero-order valence-corrected chi connectivity index (χ0v) is 12.9. The maximum Gasteiger partial charge on any atom is 0.334 e. The molecular formula is C15H19BrO3. The van der Waals surface area contributed by atoms with E-state index >= 15 is 0 Å². The van der Waals surface area contributed by atoms with Crippen LogP contribution in [0.15, 0.2) is 30.3 Å². The van der Waals surface area contributed by atoms with Crippen molar-refractivity contribution in [1.82, 2.24) is 0 Å². The lowest BCUT2D eigenvalue weighted by Crippen LogP contribution is -2.23. The van der Waals surface area contributed by atoms with Crippen LogP contribution in [0.3, 0.4) is 0 Å². The molecule has 104 valence electrons. The number of hydrogen-bond donors (Lipinski definition) is 0. The molecule has 0 N–H and O–H groups in total. The van der Waals surface area contributed by atoms with Crippen molar-refractivity contribution in [1.29, 1.82) is 0 Å². The Kier molecular flexibility index (Phi) is 7.45. The van der Waals surface area contributed by atoms with E-state index in [0.29, 0.717) is 13.2 Å². The van der Waals surface area contributed by atoms with Gasteiger partial charge < -0.3 is 9.47 Å². The molecule has 1 aromatic rings. The molecule has 0 saturated heterocycles. The minimum absolute atomic E-state index is 0.320. The average Bonchev–Trinajstić information content (AvgIpc) is 2.43. The van der Waals surface area contributed by atoms with Crippen molar-refractivity contribution in [2.45, 2.75) is 26.6 Å². The van der Waals surface area contributed by atoms with E-state index in [1.54, 1.807) is 13.8 Å². The highest BCUT2D eigenvalue weighted by atomic mass is 79.9. The van der Waals surface area contributed by atoms with E-state index in [0.717, 1.165) is 16.5 Å². The van der Waals surface area contributed by atoms with Crippen molar-refractivity contribution < 1.29 is 14.3 Å². The minimum Gasteiger partial charge on any atom is -0.464 e. The minimum atomic E-state index is -0.534. The number of alkyl halides is 1. The zero-order chi connectivity index (χ0) is 14.1. The second-order valence-electron chi connectivity index (χ2n) is 4.00. The van der Waals surface area contributed by atoms with Crippen molar-refractivity contribution in [2.75, 3.05) is 11.9 Å². The Balaban J connectivity index is 2.45. The molecule has 0 aliphatic heterocycles. The maximum atomic E-state index is 11.4. The second-order valence-corrected chi connectivity index (χ2v) is 4.65. The Morgan fingerprint density at radius 3 is 2.63 bits per heavy atom. The number of benzene rings is 1. The molecule has 1 rings (SSSR count). The van der Waals surface area contributed by atoms with E-state index in [9.17, 15) is 4.79 Å². The Hall–Kier alpha value is -1.13. The van der Waals surface area contributed by atoms with Gasteiger partial charge in [-0.15, -0.1) is 0 Å². The quantitative estimate of drug-likeness (QED) is 0.567. The van der Waals surface area contributed by atoms with Gasteiger partial charge in [-0.3, -0.25) is 0 Å². The molecule has 0 aliphatic carbocycles. The number of hydrogen-bond acceptors (Lipinski definition) is 3. The van der Waals surface area contributed by atoms with Gasteiger partial charge in [-0.25, -0.2) is 4.79 Å². The molecule has 3 nitrogen and oxygen atoms in total. The first-order valence-corrected chi connectivity index (χ1v) is 7.39. The van der Waals surface area contributed by atoms with Gasteiger partial charge in [0.1, 0.15) is 0 Å². The predicted octanol–water partition coefficient (Wildman–Crippen LogP) is 3.56. The predicted molar refractivity (Wildman–Crippen MR) is 80.2 cm³/mol. The van der Waals surface area contributed by atoms with Gasteiger partial charge in [0, 0.05) is 5.33 Å². The number of rotatable bonds is 7. The van der Waals surface area contributed by atoms with Gasteiger partial charge in [0.15, 0.2) is 6.10 Å². The van der Waals surface area contributed by atoms with Gasteiger partial charge in [0.05, 0.1) is 13.2 Å². The van der Waals surface area contributed by atoms with Gasteiger partial charge in [-0.05, 0) is 25.0 Å². The maximum absolute atomic E-state index is 11.4. The third kappa shape index (κ3) is 6.03. The fraction of sp³-hybridized carbons (Fsp3) is 0.400. The van der Waals surface area contributed by atoms with E-state index in [1.807, 2.05) is 36.4 Å². The van der Waals surface area contributed by atoms with Gasteiger partial charge in [0.2, 0.25) is 0 Å². The van der Waals surface area contributed by atoms with Crippen LogP contribution in [0.4, 0.5) is 0 Å². The lowest BCUT2D eigenvalue weighted by molar-refractivity contribution is -0.156. The van der Waals surface area contributed by atoms with Crippen molar-refractivity contribution in [3.8, 4) is 0 Å². The highest BCUT2D eigenvalue weighted by molar-refractivity contribution is 9.09. The van der Waals surface area contributed by atoms with Gasteiger partial charge in [0.25, 0.3) is 0 Å². The van der Waals surface area contributed by atoms with Crippen molar-refractivity contribution >= 4 is 28.0 Å². The van der Waals surface area contributed by atoms with Crippen molar-refractivity contribution in [3.63, 3.8) is 0 Å². The van der Waals surface area contributed by atoms with E-state index in [2.05, 4.69) is 15.9 Å². The molecule has 1 unspecified atom stereocenters. The Bertz CT molecular complexity index is 412. The van der Waals surface area contributed by atoms with Crippen LogP contribution in [0.1, 0.15) is 25.0 Å². The fourth-order valence-electron chi connectivity index (χ4n) is 1.45. The summed E-state index contributed by atoms with van der Waals surface area (Å²) in [5.74, 6) is -0.320. The zero-order valence-electron chi connectivity index (χ0n) is 11.3. The molecule has 0 aromatic heterocycles. The van der Waals surface area contributed by atoms with E-state index in [1.165, 1.54) is 0 Å². The standard InChI is InChI=1S/C15H19BrO3/c1-3-18-15(17)12(2)19-11-14-8-6-13(7-9-14)5-4-10-16/h4-9,12H,3,10-11H2,1-2H3/b5-4-. The fourth-order valence-corrected chi connectivity index (χ4v) is 1.64. The molecule has 0 aliphatic rings. The topological polar surface area (TPSA) is 35.5 Å². The summed E-state index contributed by atoms with van der Waals surface area (Å²) in [6, 6.07) is 8.03. The van der Waals surface area contributed by atoms with Crippen LogP contribution in [-0.2, 0) is 20.9 Å². The summed E-state index contributed by atoms with van der Waals surface area (Å²) in [6.07, 6.45) is 3.54. The Morgan fingerprint density at radius 2 is 2.05 bits per heavy atom. The molecule has 4 heteroatoms. The smallest absolute Gasteiger partial charge is 0.334 e. The summed E-state index contributed by atoms with van der Waals surface area (Å²) < 4.78 is 10.3. The monoisotopic (exact) mass is 326 g/mol. The van der Waals surface area contributed by atoms with Crippen molar-refractivity contribution in [3.05, 3.63) is 41.5 Å². The molecule has 19 heavy (non-hydrogen) atoms. The summed E-state index contributed by atoms with van der Waals surface area (Å²) in [4.78, 5) is 11.4. The number of esters is 1. The van der Waals surface area contributed by atoms with Gasteiger partial charge in [-0.2, -0.15) is 0 Å². The van der Waals surface area contributed by atoms with Crippen LogP contribution in [0, 0.1) is 0 Å². The molecule has 1 aromatic carbocycles. The van der Waals surface area contributed by atoms with E-state index in [4.69, 9.17) is 9.47 Å². The van der Waals surface area contributed by atoms with Crippen molar-refractivity contribution in [2.24, 2.45) is 0 Å². The van der Waals surface area contributed by atoms with E-state index < -0.39 is 6.10 Å². The van der Waals surface area contributed by atoms with Crippen LogP contribution in [0.5, 0.6) is 0 Å². The lowest BCUT2D eigenvalue weighted by Gasteiger charge is -2.11. The largest absolute Gasteiger partial charge is 0.464 e. The van der Waals surface area contributed by atoms with Crippen LogP contribution in [-0.4, -0.2) is 24.0 Å². The summed E-state index contributed by atoms with van der Waals surface area (Å²) in [7, 11) is 0. The van der Waals surface area contributed by atoms with Crippen LogP contribution in [0.2, 0.25) is 0 Å². The summed E-state index contributed by atoms with van der Waals surface area (Å²) in [6.45, 7) is 4.26. The molecular weight excluding hydrogens is 308 g/mol. The third-order valence-electron chi connectivity index (χ3n) is 2.50. The first-order chi connectivity index (χ1) is 9.17. The lowest BCUT2D eigenvalue weighted by atomic mass is 10.1. The molecule has 0 saturated carbocycles. The number of carbonyl (C=O) groups excluding carboxylic acids is 1. The molecule has 0 bridgehead atoms. The van der Waals surface area contributed by atoms with E-state index in [-0.39, 0.29) is 5.97 Å². The SMILES string of the molecule is CCOC(=O)C(C)OCc1ccc(/C=C\CBr)cc1. The number of carbonyl (C=O) groups is 1. The van der Waals surface area contributed by atoms with Crippen LogP contribution in [0.25, 0.3) is 6.08 Å². The average molecular weight is 327 g/mol. The molecule has 0 fully saturated rings. The molecule has 0 spiro atoms. The number of halogens is 1. The molecule has 0 radical (unpaired) electrons. The second kappa shape index (κ2) is 8.88. The first-order valence-electron chi connectivity index (χ1n) is 6.27. The van der Waals surface area contributed by atoms with Crippen LogP contribution >= 0.6 is 15.9 Å². The van der Waals surface area contributed by atoms with Gasteiger partial charge in [-0.1, -0.05) is 52.3 Å². The Morgan fingerprint density at radius 1 is 1.37 bits per heavy atom. The van der Waals surface area contributed by atoms with Gasteiger partial charge >= 0.3 is 5.97 Å². The van der Waals surface area contributed by atoms with Crippen LogP contribution < -0.4 is 0 Å². The highest BCUT2D eigenvalue weighted by Crippen LogP contribution is 2.09. The third-order valence-corrected chi connectivity index (χ3v) is 2.87. The number of ether oxygens (including phenoxy) is 2. The highest BCUT2D eigenvalue weighted by Gasteiger charge is 2.13. The normalized spacial score (nSPS) is 12.6. The summed E-state index contributed by atoms with van der Waals surface area (Å²) in [5.41, 5.74) is 2.17. The Labute approximate surface area is 122 Å². The summed E-state index contributed by atoms with van der Waals surface area (Å²) >= 11 is 3.34. The molecule has 0 heterocycles. The number of allylic oxidation sites excluding steroid dienone is 1. The molecule has 1 atom stereocenters.